The highest BCUT2D eigenvalue weighted by Gasteiger charge is 2.26. The van der Waals surface area contributed by atoms with Crippen LogP contribution in [0.1, 0.15) is 55.2 Å². The topological polar surface area (TPSA) is 28.2 Å². The summed E-state index contributed by atoms with van der Waals surface area (Å²) >= 11 is 1.87. The molecule has 1 aromatic heterocycles. The van der Waals surface area contributed by atoms with Gasteiger partial charge in [0.2, 0.25) is 0 Å². The molecular weight excluding hydrogens is 266 g/mol. The molecule has 2 rings (SSSR count). The van der Waals surface area contributed by atoms with Crippen LogP contribution in [0.3, 0.4) is 0 Å². The van der Waals surface area contributed by atoms with E-state index in [1.807, 2.05) is 11.3 Å². The van der Waals surface area contributed by atoms with Crippen molar-refractivity contribution >= 4 is 11.3 Å². The van der Waals surface area contributed by atoms with Crippen molar-refractivity contribution in [2.45, 2.75) is 59.5 Å². The normalized spacial score (nSPS) is 24.4. The van der Waals surface area contributed by atoms with Gasteiger partial charge in [-0.15, -0.1) is 11.3 Å². The summed E-state index contributed by atoms with van der Waals surface area (Å²) in [5.41, 5.74) is 1.22. The van der Waals surface area contributed by atoms with Gasteiger partial charge in [-0.05, 0) is 39.7 Å². The van der Waals surface area contributed by atoms with E-state index in [2.05, 4.69) is 49.8 Å². The van der Waals surface area contributed by atoms with Crippen LogP contribution < -0.4 is 5.32 Å². The van der Waals surface area contributed by atoms with Crippen LogP contribution in [0.15, 0.2) is 0 Å². The quantitative estimate of drug-likeness (QED) is 0.921. The van der Waals surface area contributed by atoms with Crippen LogP contribution in [0.25, 0.3) is 0 Å². The van der Waals surface area contributed by atoms with Gasteiger partial charge in [0, 0.05) is 30.1 Å². The number of nitrogens with zero attached hydrogens (tertiary/aromatic N) is 2. The minimum absolute atomic E-state index is 0.493. The third-order valence-corrected chi connectivity index (χ3v) is 5.90. The lowest BCUT2D eigenvalue weighted by molar-refractivity contribution is 0.190. The van der Waals surface area contributed by atoms with Crippen LogP contribution in [-0.4, -0.2) is 35.6 Å². The SMILES string of the molecule is CCC(C)C1CN(C(C)c2sc(C)nc2C)CCCN1. The summed E-state index contributed by atoms with van der Waals surface area (Å²) in [6.45, 7) is 14.8. The first-order valence-corrected chi connectivity index (χ1v) is 8.76. The summed E-state index contributed by atoms with van der Waals surface area (Å²) in [6.07, 6.45) is 2.49. The summed E-state index contributed by atoms with van der Waals surface area (Å²) in [7, 11) is 0. The predicted molar refractivity (Wildman–Crippen MR) is 87.4 cm³/mol. The smallest absolute Gasteiger partial charge is 0.0900 e. The average Bonchev–Trinajstić information content (AvgIpc) is 2.66. The zero-order chi connectivity index (χ0) is 14.7. The molecule has 0 spiro atoms. The number of thiazole rings is 1. The molecule has 1 aliphatic rings. The van der Waals surface area contributed by atoms with Gasteiger partial charge >= 0.3 is 0 Å². The standard InChI is InChI=1S/C16H29N3S/c1-6-11(2)15-10-19(9-7-8-17-15)13(4)16-12(3)18-14(5)20-16/h11,13,15,17H,6-10H2,1-5H3. The van der Waals surface area contributed by atoms with Crippen molar-refractivity contribution in [2.75, 3.05) is 19.6 Å². The van der Waals surface area contributed by atoms with Crippen molar-refractivity contribution in [1.29, 1.82) is 0 Å². The maximum absolute atomic E-state index is 4.60. The molecule has 1 N–H and O–H groups in total. The molecular formula is C16H29N3S. The Balaban J connectivity index is 2.11. The van der Waals surface area contributed by atoms with Gasteiger partial charge in [-0.2, -0.15) is 0 Å². The van der Waals surface area contributed by atoms with Crippen molar-refractivity contribution in [3.8, 4) is 0 Å². The molecule has 2 heterocycles. The van der Waals surface area contributed by atoms with E-state index in [4.69, 9.17) is 0 Å². The minimum Gasteiger partial charge on any atom is -0.312 e. The molecule has 0 aromatic carbocycles. The van der Waals surface area contributed by atoms with Gasteiger partial charge in [0.25, 0.3) is 0 Å². The largest absolute Gasteiger partial charge is 0.312 e. The Hall–Kier alpha value is -0.450. The fourth-order valence-electron chi connectivity index (χ4n) is 3.10. The van der Waals surface area contributed by atoms with Gasteiger partial charge < -0.3 is 5.32 Å². The van der Waals surface area contributed by atoms with Crippen LogP contribution in [0.4, 0.5) is 0 Å². The van der Waals surface area contributed by atoms with Crippen LogP contribution in [0.5, 0.6) is 0 Å². The first kappa shape index (κ1) is 15.9. The summed E-state index contributed by atoms with van der Waals surface area (Å²) in [5.74, 6) is 0.743. The van der Waals surface area contributed by atoms with Gasteiger partial charge in [-0.1, -0.05) is 20.3 Å². The number of aromatic nitrogens is 1. The number of hydrogen-bond acceptors (Lipinski definition) is 4. The van der Waals surface area contributed by atoms with Crippen molar-refractivity contribution in [3.05, 3.63) is 15.6 Å². The number of aryl methyl sites for hydroxylation is 2. The lowest BCUT2D eigenvalue weighted by Gasteiger charge is -2.32. The molecule has 0 bridgehead atoms. The summed E-state index contributed by atoms with van der Waals surface area (Å²) in [5, 5.41) is 4.93. The molecule has 3 atom stereocenters. The molecule has 4 heteroatoms. The lowest BCUT2D eigenvalue weighted by atomic mass is 9.98. The van der Waals surface area contributed by atoms with E-state index in [0.717, 1.165) is 19.0 Å². The second-order valence-electron chi connectivity index (χ2n) is 6.15. The second kappa shape index (κ2) is 7.01. The van der Waals surface area contributed by atoms with Crippen molar-refractivity contribution in [3.63, 3.8) is 0 Å². The van der Waals surface area contributed by atoms with Crippen molar-refractivity contribution in [2.24, 2.45) is 5.92 Å². The van der Waals surface area contributed by atoms with Crippen molar-refractivity contribution < 1.29 is 0 Å². The van der Waals surface area contributed by atoms with Crippen LogP contribution in [0, 0.1) is 19.8 Å². The van der Waals surface area contributed by atoms with E-state index >= 15 is 0 Å². The molecule has 20 heavy (non-hydrogen) atoms. The predicted octanol–water partition coefficient (Wildman–Crippen LogP) is 3.53. The van der Waals surface area contributed by atoms with E-state index in [-0.39, 0.29) is 0 Å². The van der Waals surface area contributed by atoms with E-state index in [9.17, 15) is 0 Å². The Bertz CT molecular complexity index is 429. The Morgan fingerprint density at radius 1 is 1.40 bits per heavy atom. The molecule has 0 saturated carbocycles. The van der Waals surface area contributed by atoms with Gasteiger partial charge in [0.15, 0.2) is 0 Å². The fourth-order valence-corrected chi connectivity index (χ4v) is 4.11. The Morgan fingerprint density at radius 2 is 2.15 bits per heavy atom. The number of rotatable bonds is 4. The third-order valence-electron chi connectivity index (χ3n) is 4.66. The van der Waals surface area contributed by atoms with Crippen LogP contribution >= 0.6 is 11.3 Å². The zero-order valence-electron chi connectivity index (χ0n) is 13.6. The number of hydrogen-bond donors (Lipinski definition) is 1. The summed E-state index contributed by atoms with van der Waals surface area (Å²) in [6, 6.07) is 1.12. The molecule has 0 radical (unpaired) electrons. The first-order chi connectivity index (χ1) is 9.52. The summed E-state index contributed by atoms with van der Waals surface area (Å²) < 4.78 is 0. The molecule has 114 valence electrons. The maximum atomic E-state index is 4.60. The molecule has 1 saturated heterocycles. The molecule has 3 unspecified atom stereocenters. The lowest BCUT2D eigenvalue weighted by Crippen LogP contribution is -2.42. The summed E-state index contributed by atoms with van der Waals surface area (Å²) in [4.78, 5) is 8.70. The highest BCUT2D eigenvalue weighted by Crippen LogP contribution is 2.30. The third kappa shape index (κ3) is 3.60. The molecule has 1 aliphatic heterocycles. The Labute approximate surface area is 127 Å². The highest BCUT2D eigenvalue weighted by atomic mass is 32.1. The first-order valence-electron chi connectivity index (χ1n) is 7.94. The molecule has 0 aliphatic carbocycles. The minimum atomic E-state index is 0.493. The van der Waals surface area contributed by atoms with E-state index in [1.165, 1.54) is 35.0 Å². The second-order valence-corrected chi connectivity index (χ2v) is 7.39. The maximum Gasteiger partial charge on any atom is 0.0900 e. The molecule has 1 fully saturated rings. The fraction of sp³-hybridized carbons (Fsp3) is 0.812. The molecule has 3 nitrogen and oxygen atoms in total. The van der Waals surface area contributed by atoms with E-state index in [1.54, 1.807) is 0 Å². The molecule has 1 aromatic rings. The monoisotopic (exact) mass is 295 g/mol. The van der Waals surface area contributed by atoms with Crippen LogP contribution in [0.2, 0.25) is 0 Å². The van der Waals surface area contributed by atoms with Gasteiger partial charge in [-0.3, -0.25) is 4.90 Å². The van der Waals surface area contributed by atoms with Gasteiger partial charge in [0.1, 0.15) is 0 Å². The Morgan fingerprint density at radius 3 is 2.75 bits per heavy atom. The van der Waals surface area contributed by atoms with E-state index < -0.39 is 0 Å². The molecule has 0 amide bonds. The van der Waals surface area contributed by atoms with Gasteiger partial charge in [-0.25, -0.2) is 4.98 Å². The van der Waals surface area contributed by atoms with Gasteiger partial charge in [0.05, 0.1) is 10.7 Å². The average molecular weight is 295 g/mol. The van der Waals surface area contributed by atoms with E-state index in [0.29, 0.717) is 12.1 Å². The number of nitrogens with one attached hydrogen (secondary N) is 1. The van der Waals surface area contributed by atoms with Crippen LogP contribution in [-0.2, 0) is 0 Å². The Kier molecular flexibility index (Phi) is 5.58. The highest BCUT2D eigenvalue weighted by molar-refractivity contribution is 7.11. The van der Waals surface area contributed by atoms with Crippen molar-refractivity contribution in [1.82, 2.24) is 15.2 Å². The zero-order valence-corrected chi connectivity index (χ0v) is 14.4.